The van der Waals surface area contributed by atoms with Crippen molar-refractivity contribution in [2.75, 3.05) is 0 Å². The lowest BCUT2D eigenvalue weighted by molar-refractivity contribution is 0.317. The molecule has 3 N–H and O–H groups in total. The third-order valence-electron chi connectivity index (χ3n) is 3.15. The summed E-state index contributed by atoms with van der Waals surface area (Å²) in [6.45, 7) is 8.14. The largest absolute Gasteiger partial charge is 0.326 e. The van der Waals surface area contributed by atoms with E-state index in [0.29, 0.717) is 11.0 Å². The molecule has 0 aromatic heterocycles. The Hall–Kier alpha value is -0.430. The van der Waals surface area contributed by atoms with Crippen LogP contribution >= 0.6 is 15.9 Å². The topological polar surface area (TPSA) is 72.2 Å². The van der Waals surface area contributed by atoms with Crippen LogP contribution in [0.2, 0.25) is 0 Å². The first kappa shape index (κ1) is 16.6. The van der Waals surface area contributed by atoms with Crippen molar-refractivity contribution in [1.82, 2.24) is 4.72 Å². The van der Waals surface area contributed by atoms with Crippen molar-refractivity contribution in [2.45, 2.75) is 45.2 Å². The van der Waals surface area contributed by atoms with Crippen LogP contribution < -0.4 is 10.5 Å². The number of nitrogens with two attached hydrogens (primary N) is 1. The number of hydrogen-bond donors (Lipinski definition) is 2. The molecule has 0 spiro atoms. The lowest BCUT2D eigenvalue weighted by Crippen LogP contribution is -2.41. The Morgan fingerprint density at radius 1 is 1.37 bits per heavy atom. The van der Waals surface area contributed by atoms with Crippen LogP contribution in [0.3, 0.4) is 0 Å². The fraction of sp³-hybridized carbons (Fsp3) is 0.538. The Kier molecular flexibility index (Phi) is 5.17. The van der Waals surface area contributed by atoms with Gasteiger partial charge in [-0.3, -0.25) is 0 Å². The van der Waals surface area contributed by atoms with Crippen LogP contribution in [0.4, 0.5) is 0 Å². The van der Waals surface area contributed by atoms with Gasteiger partial charge in [-0.15, -0.1) is 0 Å². The zero-order valence-electron chi connectivity index (χ0n) is 11.7. The summed E-state index contributed by atoms with van der Waals surface area (Å²) in [7, 11) is -3.56. The van der Waals surface area contributed by atoms with Crippen LogP contribution in [-0.2, 0) is 16.6 Å². The summed E-state index contributed by atoms with van der Waals surface area (Å²) in [5.41, 5.74) is 6.19. The third-order valence-corrected chi connectivity index (χ3v) is 5.69. The maximum Gasteiger partial charge on any atom is 0.241 e. The van der Waals surface area contributed by atoms with E-state index in [1.54, 1.807) is 18.2 Å². The Morgan fingerprint density at radius 3 is 2.42 bits per heavy atom. The summed E-state index contributed by atoms with van der Waals surface area (Å²) in [6, 6.07) is 4.93. The minimum absolute atomic E-state index is 0.148. The second kappa shape index (κ2) is 5.91. The van der Waals surface area contributed by atoms with Gasteiger partial charge in [-0.2, -0.15) is 0 Å². The molecule has 19 heavy (non-hydrogen) atoms. The Balaban J connectivity index is 3.14. The highest BCUT2D eigenvalue weighted by molar-refractivity contribution is 9.10. The molecular formula is C13H21BrN2O2S. The highest BCUT2D eigenvalue weighted by atomic mass is 79.9. The molecule has 6 heteroatoms. The minimum Gasteiger partial charge on any atom is -0.326 e. The lowest BCUT2D eigenvalue weighted by Gasteiger charge is -2.28. The van der Waals surface area contributed by atoms with Crippen molar-refractivity contribution >= 4 is 26.0 Å². The van der Waals surface area contributed by atoms with Gasteiger partial charge < -0.3 is 5.73 Å². The standard InChI is InChI=1S/C13H21BrN2O2S/c1-9(13(2,3)4)16-19(17,18)12-7-10(8-15)5-6-11(12)14/h5-7,9,16H,8,15H2,1-4H3. The average Bonchev–Trinajstić information content (AvgIpc) is 2.27. The van der Waals surface area contributed by atoms with E-state index in [2.05, 4.69) is 20.7 Å². The molecule has 0 bridgehead atoms. The summed E-state index contributed by atoms with van der Waals surface area (Å²) in [5, 5.41) is 0. The Labute approximate surface area is 124 Å². The van der Waals surface area contributed by atoms with Crippen molar-refractivity contribution in [3.63, 3.8) is 0 Å². The molecule has 0 radical (unpaired) electrons. The van der Waals surface area contributed by atoms with E-state index >= 15 is 0 Å². The molecule has 1 rings (SSSR count). The quantitative estimate of drug-likeness (QED) is 0.878. The van der Waals surface area contributed by atoms with Gasteiger partial charge in [0.05, 0.1) is 4.90 Å². The van der Waals surface area contributed by atoms with Gasteiger partial charge in [-0.05, 0) is 46.0 Å². The van der Waals surface area contributed by atoms with Crippen molar-refractivity contribution < 1.29 is 8.42 Å². The van der Waals surface area contributed by atoms with Crippen molar-refractivity contribution in [2.24, 2.45) is 11.1 Å². The van der Waals surface area contributed by atoms with Crippen LogP contribution in [0.25, 0.3) is 0 Å². The average molecular weight is 349 g/mol. The smallest absolute Gasteiger partial charge is 0.241 e. The van der Waals surface area contributed by atoms with Crippen LogP contribution in [-0.4, -0.2) is 14.5 Å². The Bertz CT molecular complexity index is 550. The van der Waals surface area contributed by atoms with Crippen LogP contribution in [0.5, 0.6) is 0 Å². The monoisotopic (exact) mass is 348 g/mol. The molecule has 0 heterocycles. The molecule has 0 saturated carbocycles. The summed E-state index contributed by atoms with van der Waals surface area (Å²) in [4.78, 5) is 0.228. The van der Waals surface area contributed by atoms with Crippen molar-refractivity contribution in [3.05, 3.63) is 28.2 Å². The fourth-order valence-corrected chi connectivity index (χ4v) is 3.82. The zero-order chi connectivity index (χ0) is 14.8. The van der Waals surface area contributed by atoms with E-state index in [-0.39, 0.29) is 16.4 Å². The molecule has 0 aliphatic carbocycles. The SMILES string of the molecule is CC(NS(=O)(=O)c1cc(CN)ccc1Br)C(C)(C)C. The molecule has 108 valence electrons. The second-order valence-electron chi connectivity index (χ2n) is 5.68. The van der Waals surface area contributed by atoms with E-state index in [0.717, 1.165) is 5.56 Å². The van der Waals surface area contributed by atoms with Crippen molar-refractivity contribution in [3.8, 4) is 0 Å². The van der Waals surface area contributed by atoms with E-state index in [9.17, 15) is 8.42 Å². The highest BCUT2D eigenvalue weighted by Crippen LogP contribution is 2.26. The maximum atomic E-state index is 12.4. The molecule has 0 aliphatic rings. The second-order valence-corrected chi connectivity index (χ2v) is 8.21. The van der Waals surface area contributed by atoms with Gasteiger partial charge >= 0.3 is 0 Å². The normalized spacial score (nSPS) is 14.4. The number of benzene rings is 1. The van der Waals surface area contributed by atoms with Gasteiger partial charge in [0.15, 0.2) is 0 Å². The van der Waals surface area contributed by atoms with Crippen LogP contribution in [0.1, 0.15) is 33.3 Å². The number of rotatable bonds is 4. The van der Waals surface area contributed by atoms with Gasteiger partial charge in [0.2, 0.25) is 10.0 Å². The molecule has 1 aromatic rings. The molecule has 1 unspecified atom stereocenters. The number of halogens is 1. The van der Waals surface area contributed by atoms with E-state index in [4.69, 9.17) is 5.73 Å². The van der Waals surface area contributed by atoms with E-state index < -0.39 is 10.0 Å². The lowest BCUT2D eigenvalue weighted by atomic mass is 9.89. The van der Waals surface area contributed by atoms with Crippen LogP contribution in [0, 0.1) is 5.41 Å². The summed E-state index contributed by atoms with van der Waals surface area (Å²) >= 11 is 3.28. The molecule has 0 saturated heterocycles. The first-order chi connectivity index (χ1) is 8.58. The number of sulfonamides is 1. The van der Waals surface area contributed by atoms with Gasteiger partial charge in [0.1, 0.15) is 0 Å². The first-order valence-corrected chi connectivity index (χ1v) is 8.36. The molecule has 0 fully saturated rings. The van der Waals surface area contributed by atoms with Gasteiger partial charge in [0, 0.05) is 17.1 Å². The maximum absolute atomic E-state index is 12.4. The van der Waals surface area contributed by atoms with E-state index in [1.807, 2.05) is 27.7 Å². The molecule has 1 aromatic carbocycles. The van der Waals surface area contributed by atoms with Gasteiger partial charge in [0.25, 0.3) is 0 Å². The molecule has 4 nitrogen and oxygen atoms in total. The summed E-state index contributed by atoms with van der Waals surface area (Å²) < 4.78 is 28.0. The fourth-order valence-electron chi connectivity index (χ4n) is 1.35. The van der Waals surface area contributed by atoms with Crippen LogP contribution in [0.15, 0.2) is 27.6 Å². The number of nitrogens with one attached hydrogen (secondary N) is 1. The van der Waals surface area contributed by atoms with Gasteiger partial charge in [-0.25, -0.2) is 13.1 Å². The van der Waals surface area contributed by atoms with E-state index in [1.165, 1.54) is 0 Å². The van der Waals surface area contributed by atoms with Crippen molar-refractivity contribution in [1.29, 1.82) is 0 Å². The number of hydrogen-bond acceptors (Lipinski definition) is 3. The molecule has 0 amide bonds. The minimum atomic E-state index is -3.56. The molecule has 0 aliphatic heterocycles. The predicted molar refractivity (Wildman–Crippen MR) is 81.3 cm³/mol. The summed E-state index contributed by atoms with van der Waals surface area (Å²) in [5.74, 6) is 0. The third kappa shape index (κ3) is 4.27. The highest BCUT2D eigenvalue weighted by Gasteiger charge is 2.27. The first-order valence-electron chi connectivity index (χ1n) is 6.09. The predicted octanol–water partition coefficient (Wildman–Crippen LogP) is 2.62. The van der Waals surface area contributed by atoms with Gasteiger partial charge in [-0.1, -0.05) is 26.8 Å². The Morgan fingerprint density at radius 2 is 1.95 bits per heavy atom. The zero-order valence-corrected chi connectivity index (χ0v) is 14.1. The molecule has 1 atom stereocenters. The molecular weight excluding hydrogens is 328 g/mol. The summed E-state index contributed by atoms with van der Waals surface area (Å²) in [6.07, 6.45) is 0.